The third-order valence-electron chi connectivity index (χ3n) is 12.8. The van der Waals surface area contributed by atoms with Crippen molar-refractivity contribution in [2.45, 2.75) is 6.04 Å². The standard InChI is InChI=1S/C58H38N4O/c1-4-15-38(16-5-1)48-36-49(60-58(59-48)39-17-6-2-7-18-39)41-20-14-19-40(35-41)37-27-29-43(30-28-37)61-50-25-12-10-24-46(50)54-51(61)34-32-47-55-52(62(56(47)54)42-21-8-3-9-22-42)33-31-45-44-23-11-13-26-53(44)63-57(45)55/h1-36,49H,(H,59,60). The van der Waals surface area contributed by atoms with Crippen LogP contribution in [0.1, 0.15) is 22.7 Å². The number of aliphatic imine (C=N–C) groups is 1. The quantitative estimate of drug-likeness (QED) is 0.182. The number of hydrogen-bond donors (Lipinski definition) is 1. The zero-order valence-corrected chi connectivity index (χ0v) is 34.1. The van der Waals surface area contributed by atoms with E-state index in [9.17, 15) is 0 Å². The molecule has 0 aliphatic carbocycles. The molecule has 1 N–H and O–H groups in total. The molecule has 0 amide bonds. The molecule has 0 bridgehead atoms. The monoisotopic (exact) mass is 806 g/mol. The Bertz CT molecular complexity index is 3800. The van der Waals surface area contributed by atoms with Crippen molar-refractivity contribution < 1.29 is 4.42 Å². The summed E-state index contributed by atoms with van der Waals surface area (Å²) in [6.07, 6.45) is 2.24. The molecule has 1 atom stereocenters. The van der Waals surface area contributed by atoms with Crippen molar-refractivity contribution in [3.8, 4) is 22.5 Å². The van der Waals surface area contributed by atoms with Gasteiger partial charge in [0.05, 0.1) is 39.2 Å². The van der Waals surface area contributed by atoms with Gasteiger partial charge in [0.2, 0.25) is 0 Å². The molecule has 0 radical (unpaired) electrons. The van der Waals surface area contributed by atoms with Gasteiger partial charge in [0.15, 0.2) is 0 Å². The summed E-state index contributed by atoms with van der Waals surface area (Å²) < 4.78 is 11.6. The van der Waals surface area contributed by atoms with E-state index in [0.717, 1.165) is 89.0 Å². The Hall–Kier alpha value is -8.41. The molecule has 3 aromatic heterocycles. The number of hydrogen-bond acceptors (Lipinski definition) is 3. The molecular formula is C58H38N4O. The van der Waals surface area contributed by atoms with E-state index >= 15 is 0 Å². The highest BCUT2D eigenvalue weighted by Gasteiger charge is 2.24. The molecule has 0 saturated carbocycles. The van der Waals surface area contributed by atoms with Gasteiger partial charge < -0.3 is 18.9 Å². The molecule has 63 heavy (non-hydrogen) atoms. The molecule has 4 heterocycles. The topological polar surface area (TPSA) is 47.4 Å². The molecule has 0 saturated heterocycles. The molecule has 13 rings (SSSR count). The van der Waals surface area contributed by atoms with Crippen molar-refractivity contribution in [3.05, 3.63) is 235 Å². The molecule has 1 unspecified atom stereocenters. The Morgan fingerprint density at radius 3 is 1.86 bits per heavy atom. The number of fused-ring (bicyclic) bond motifs is 11. The van der Waals surface area contributed by atoms with Crippen LogP contribution in [0, 0.1) is 0 Å². The van der Waals surface area contributed by atoms with Crippen LogP contribution in [0.4, 0.5) is 0 Å². The summed E-state index contributed by atoms with van der Waals surface area (Å²) in [5.74, 6) is 0.868. The van der Waals surface area contributed by atoms with Crippen molar-refractivity contribution in [1.82, 2.24) is 14.5 Å². The third kappa shape index (κ3) is 5.60. The van der Waals surface area contributed by atoms with Gasteiger partial charge in [-0.1, -0.05) is 146 Å². The van der Waals surface area contributed by atoms with Crippen LogP contribution in [0.3, 0.4) is 0 Å². The summed E-state index contributed by atoms with van der Waals surface area (Å²) in [5, 5.41) is 10.7. The van der Waals surface area contributed by atoms with Crippen molar-refractivity contribution in [2.24, 2.45) is 4.99 Å². The van der Waals surface area contributed by atoms with Crippen molar-refractivity contribution in [3.63, 3.8) is 0 Å². The fraction of sp³-hybridized carbons (Fsp3) is 0.0172. The summed E-state index contributed by atoms with van der Waals surface area (Å²) >= 11 is 0. The average molecular weight is 807 g/mol. The first kappa shape index (κ1) is 35.4. The van der Waals surface area contributed by atoms with Crippen molar-refractivity contribution in [1.29, 1.82) is 0 Å². The maximum absolute atomic E-state index is 6.70. The first-order valence-corrected chi connectivity index (χ1v) is 21.5. The highest BCUT2D eigenvalue weighted by Crippen LogP contribution is 2.45. The molecule has 296 valence electrons. The second kappa shape index (κ2) is 14.1. The minimum Gasteiger partial charge on any atom is -0.455 e. The summed E-state index contributed by atoms with van der Waals surface area (Å²) in [6, 6.07) is 75.6. The van der Waals surface area contributed by atoms with Crippen LogP contribution in [-0.2, 0) is 0 Å². The van der Waals surface area contributed by atoms with Gasteiger partial charge in [-0.05, 0) is 95.1 Å². The lowest BCUT2D eigenvalue weighted by atomic mass is 9.96. The first-order chi connectivity index (χ1) is 31.2. The Balaban J connectivity index is 0.945. The van der Waals surface area contributed by atoms with E-state index in [2.05, 4.69) is 215 Å². The summed E-state index contributed by atoms with van der Waals surface area (Å²) in [6.45, 7) is 0. The van der Waals surface area contributed by atoms with E-state index in [1.807, 2.05) is 18.2 Å². The maximum Gasteiger partial charge on any atom is 0.145 e. The molecule has 0 spiro atoms. The Morgan fingerprint density at radius 2 is 1.06 bits per heavy atom. The van der Waals surface area contributed by atoms with Crippen LogP contribution in [0.2, 0.25) is 0 Å². The van der Waals surface area contributed by atoms with E-state index < -0.39 is 0 Å². The minimum atomic E-state index is -0.0593. The van der Waals surface area contributed by atoms with Gasteiger partial charge >= 0.3 is 0 Å². The highest BCUT2D eigenvalue weighted by atomic mass is 16.3. The molecule has 5 nitrogen and oxygen atoms in total. The molecular weight excluding hydrogens is 769 g/mol. The molecule has 1 aliphatic heterocycles. The summed E-state index contributed by atoms with van der Waals surface area (Å²) in [4.78, 5) is 5.08. The number of para-hydroxylation sites is 3. The van der Waals surface area contributed by atoms with Crippen LogP contribution in [-0.4, -0.2) is 15.0 Å². The van der Waals surface area contributed by atoms with Crippen LogP contribution < -0.4 is 5.32 Å². The van der Waals surface area contributed by atoms with Crippen LogP contribution in [0.25, 0.3) is 93.7 Å². The molecule has 9 aromatic carbocycles. The maximum atomic E-state index is 6.70. The fourth-order valence-corrected chi connectivity index (χ4v) is 9.89. The van der Waals surface area contributed by atoms with Gasteiger partial charge in [-0.25, -0.2) is 4.99 Å². The first-order valence-electron chi connectivity index (χ1n) is 21.5. The average Bonchev–Trinajstić information content (AvgIpc) is 4.02. The Morgan fingerprint density at radius 1 is 0.429 bits per heavy atom. The number of rotatable bonds is 6. The second-order valence-electron chi connectivity index (χ2n) is 16.4. The zero-order chi connectivity index (χ0) is 41.4. The van der Waals surface area contributed by atoms with Crippen LogP contribution in [0.5, 0.6) is 0 Å². The van der Waals surface area contributed by atoms with Crippen LogP contribution >= 0.6 is 0 Å². The lowest BCUT2D eigenvalue weighted by molar-refractivity contribution is 0.673. The van der Waals surface area contributed by atoms with E-state index in [4.69, 9.17) is 9.41 Å². The van der Waals surface area contributed by atoms with Gasteiger partial charge in [-0.2, -0.15) is 0 Å². The Kier molecular flexibility index (Phi) is 7.90. The lowest BCUT2D eigenvalue weighted by Gasteiger charge is -2.25. The van der Waals surface area contributed by atoms with Crippen molar-refractivity contribution >= 4 is 77.1 Å². The molecule has 0 fully saturated rings. The van der Waals surface area contributed by atoms with E-state index in [-0.39, 0.29) is 6.04 Å². The van der Waals surface area contributed by atoms with E-state index in [1.54, 1.807) is 0 Å². The van der Waals surface area contributed by atoms with Gasteiger partial charge in [0.1, 0.15) is 17.0 Å². The second-order valence-corrected chi connectivity index (χ2v) is 16.4. The normalized spacial score (nSPS) is 14.2. The van der Waals surface area contributed by atoms with E-state index in [0.29, 0.717) is 0 Å². The number of benzene rings is 9. The van der Waals surface area contributed by atoms with Crippen molar-refractivity contribution in [2.75, 3.05) is 0 Å². The largest absolute Gasteiger partial charge is 0.455 e. The summed E-state index contributed by atoms with van der Waals surface area (Å²) in [7, 11) is 0. The molecule has 5 heteroatoms. The van der Waals surface area contributed by atoms with E-state index in [1.165, 1.54) is 27.2 Å². The predicted molar refractivity (Wildman–Crippen MR) is 261 cm³/mol. The minimum absolute atomic E-state index is 0.0593. The van der Waals surface area contributed by atoms with Gasteiger partial charge in [-0.3, -0.25) is 0 Å². The number of amidine groups is 1. The number of aromatic nitrogens is 2. The van der Waals surface area contributed by atoms with Gasteiger partial charge in [-0.15, -0.1) is 0 Å². The zero-order valence-electron chi connectivity index (χ0n) is 34.1. The fourth-order valence-electron chi connectivity index (χ4n) is 9.89. The SMILES string of the molecule is C1=C(c2ccccc2)N=C(c2ccccc2)NC1c1cccc(-c2ccc(-n3c4ccccc4c4c3ccc3c5c6oc7ccccc7c6ccc5n(-c5ccccc5)c34)cc2)c1. The number of nitrogens with zero attached hydrogens (tertiary/aromatic N) is 3. The predicted octanol–water partition coefficient (Wildman–Crippen LogP) is 14.6. The molecule has 12 aromatic rings. The highest BCUT2D eigenvalue weighted by molar-refractivity contribution is 6.31. The third-order valence-corrected chi connectivity index (χ3v) is 12.8. The number of furan rings is 1. The number of nitrogens with one attached hydrogen (secondary N) is 1. The smallest absolute Gasteiger partial charge is 0.145 e. The van der Waals surface area contributed by atoms with Gasteiger partial charge in [0, 0.05) is 43.9 Å². The van der Waals surface area contributed by atoms with Gasteiger partial charge in [0.25, 0.3) is 0 Å². The Labute approximate surface area is 363 Å². The van der Waals surface area contributed by atoms with Crippen LogP contribution in [0.15, 0.2) is 228 Å². The summed E-state index contributed by atoms with van der Waals surface area (Å²) in [5.41, 5.74) is 15.3. The lowest BCUT2D eigenvalue weighted by Crippen LogP contribution is -2.31. The molecule has 1 aliphatic rings.